The van der Waals surface area contributed by atoms with Crippen molar-refractivity contribution >= 4 is 69.3 Å². The summed E-state index contributed by atoms with van der Waals surface area (Å²) < 4.78 is 17.6. The normalized spacial score (nSPS) is 31.0. The molecule has 9 aliphatic carbocycles. The molecule has 624 valence electrons. The van der Waals surface area contributed by atoms with Crippen LogP contribution in [0.25, 0.3) is 17.3 Å². The molecular weight excluding hydrogens is 1500 g/mol. The van der Waals surface area contributed by atoms with Crippen molar-refractivity contribution in [3.05, 3.63) is 119 Å². The number of methoxy groups -OCH3 is 3. The Morgan fingerprint density at radius 2 is 0.793 bits per heavy atom. The van der Waals surface area contributed by atoms with Gasteiger partial charge in [-0.25, -0.2) is 0 Å². The number of ketones is 9. The maximum Gasteiger partial charge on any atom is 0.202 e. The smallest absolute Gasteiger partial charge is 0.202 e. The predicted octanol–water partition coefficient (Wildman–Crippen LogP) is 6.53. The molecule has 0 amide bonds. The molecule has 15 rings (SSSR count). The molecule has 3 saturated carbocycles. The molecule has 0 bridgehead atoms. The Kier molecular flexibility index (Phi) is 22.8. The second-order valence-corrected chi connectivity index (χ2v) is 32.8. The number of carbonyl (C=O) groups excluding carboxylic acids is 9. The van der Waals surface area contributed by atoms with E-state index in [1.54, 1.807) is 44.2 Å². The van der Waals surface area contributed by atoms with Crippen molar-refractivity contribution < 1.29 is 119 Å². The molecule has 15 N–H and O–H groups in total. The van der Waals surface area contributed by atoms with Gasteiger partial charge in [-0.2, -0.15) is 0 Å². The number of phenolic OH excluding ortho intramolecular Hbond substituents is 3. The fraction of sp³-hybridized carbons (Fsp3) is 0.547. The van der Waals surface area contributed by atoms with Gasteiger partial charge in [-0.15, -0.1) is 0 Å². The highest BCUT2D eigenvalue weighted by molar-refractivity contribution is 6.27. The summed E-state index contributed by atoms with van der Waals surface area (Å²) in [5.41, 5.74) is 0.206. The lowest BCUT2D eigenvalue weighted by Crippen LogP contribution is -2.65. The predicted molar refractivity (Wildman–Crippen MR) is 420 cm³/mol. The van der Waals surface area contributed by atoms with Gasteiger partial charge in [0, 0.05) is 86.0 Å². The summed E-state index contributed by atoms with van der Waals surface area (Å²) in [6.07, 6.45) is 6.43. The lowest BCUT2D eigenvalue weighted by Gasteiger charge is -2.50. The first-order valence-corrected chi connectivity index (χ1v) is 40.2. The van der Waals surface area contributed by atoms with E-state index >= 15 is 0 Å². The first kappa shape index (κ1) is 84.3. The minimum atomic E-state index is -2.64. The highest BCUT2D eigenvalue weighted by Crippen LogP contribution is 2.60. The third-order valence-electron chi connectivity index (χ3n) is 27.3. The van der Waals surface area contributed by atoms with Crippen molar-refractivity contribution in [3.63, 3.8) is 0 Å². The van der Waals surface area contributed by atoms with Crippen molar-refractivity contribution in [2.45, 2.75) is 185 Å². The maximum atomic E-state index is 14.1. The minimum absolute atomic E-state index is 0.0120. The summed E-state index contributed by atoms with van der Waals surface area (Å²) in [6, 6.07) is 1.29. The fourth-order valence-electron chi connectivity index (χ4n) is 21.9. The Morgan fingerprint density at radius 1 is 0.483 bits per heavy atom. The lowest BCUT2D eigenvalue weighted by atomic mass is 9.57. The zero-order valence-electron chi connectivity index (χ0n) is 67.4. The van der Waals surface area contributed by atoms with Crippen LogP contribution < -0.4 is 25.3 Å². The van der Waals surface area contributed by atoms with E-state index in [4.69, 9.17) is 19.9 Å². The number of likely N-dealkylation sites (N-methyl/N-ethyl adjacent to an activating group) is 2. The van der Waals surface area contributed by atoms with Crippen molar-refractivity contribution in [1.82, 2.24) is 24.9 Å². The summed E-state index contributed by atoms with van der Waals surface area (Å²) in [5.74, 6) is -16.2. The molecule has 3 unspecified atom stereocenters. The molecule has 0 spiro atoms. The van der Waals surface area contributed by atoms with Gasteiger partial charge in [0.1, 0.15) is 85.8 Å². The number of carbonyl (C=O) groups is 9. The monoisotopic (exact) mass is 1610 g/mol. The average Bonchev–Trinajstić information content (AvgIpc) is 0.758. The van der Waals surface area contributed by atoms with Crippen molar-refractivity contribution in [3.8, 4) is 34.5 Å². The fourth-order valence-corrected chi connectivity index (χ4v) is 21.9. The van der Waals surface area contributed by atoms with Crippen LogP contribution in [0.4, 0.5) is 0 Å². The van der Waals surface area contributed by atoms with E-state index in [2.05, 4.69) is 40.8 Å². The first-order valence-electron chi connectivity index (χ1n) is 40.2. The standard InChI is InChI=1S/C30H38N2O8.C29H36N2O8.C27H32N2O8/c1-6-31(4)24-18-12-15-11-17-23(20(34)13-16(27(17)40-5)19-9-8-10-32(19)7-2)25(35)22(15)29(38)30(18,39)28(37)21(14(3)33)26(24)36;1-5-30-23-17-11-14-10-16-22(19(33)12-15(26(16)39-4)18-8-7-9-31(18)6-2)24(34)21(14)28(37)29(17,38)27(36)20(13(3)32)25(23)35;1-4-29-7-5-6-16(29)13-10-17(31)20-14(24(13)37-3)8-12-9-15-21(28)23(33)18(11(2)30)25(34)27(15,36)26(35)19(12)22(20)32/h13,15,18-19,24,34-35,37,39H,6-12H2,1-5H3;12,14,17-18,23,30,33-34,36,38H,5-11H2,1-4H3;10,12,15-16,21,31-32,34,36H,4-9,28H2,1-3H3/t15-,18-,19?,24-,30+;14-,17-,18?,23-,29+;12-,15-,16?,21-,27+/m000/s1. The topological polar surface area (TPSA) is 475 Å². The highest BCUT2D eigenvalue weighted by Gasteiger charge is 2.67. The van der Waals surface area contributed by atoms with Gasteiger partial charge in [0.05, 0.1) is 56.1 Å². The summed E-state index contributed by atoms with van der Waals surface area (Å²) in [5, 5.41) is 139. The number of hydrogen-bond donors (Lipinski definition) is 14. The number of aliphatic hydroxyl groups excluding tert-OH is 6. The summed E-state index contributed by atoms with van der Waals surface area (Å²) >= 11 is 0. The van der Waals surface area contributed by atoms with Gasteiger partial charge in [-0.05, 0) is 193 Å². The van der Waals surface area contributed by atoms with Crippen LogP contribution in [0.1, 0.15) is 181 Å². The third kappa shape index (κ3) is 12.4. The number of benzene rings is 3. The van der Waals surface area contributed by atoms with Gasteiger partial charge in [-0.1, -0.05) is 34.6 Å². The van der Waals surface area contributed by atoms with Crippen LogP contribution in [0.3, 0.4) is 0 Å². The molecule has 12 aliphatic rings. The van der Waals surface area contributed by atoms with E-state index in [9.17, 15) is 104 Å². The summed E-state index contributed by atoms with van der Waals surface area (Å²) in [7, 11) is 6.27. The molecule has 3 heterocycles. The largest absolute Gasteiger partial charge is 0.508 e. The molecule has 30 nitrogen and oxygen atoms in total. The van der Waals surface area contributed by atoms with Gasteiger partial charge in [0.2, 0.25) is 17.3 Å². The Labute approximate surface area is 670 Å². The number of nitrogens with two attached hydrogens (primary N) is 1. The number of ether oxygens (including phenoxy) is 3. The second kappa shape index (κ2) is 31.3. The molecule has 3 aliphatic heterocycles. The first-order chi connectivity index (χ1) is 54.9. The Hall–Kier alpha value is -9.63. The van der Waals surface area contributed by atoms with Crippen LogP contribution in [0.5, 0.6) is 34.5 Å². The van der Waals surface area contributed by atoms with Crippen LogP contribution in [0.15, 0.2) is 68.9 Å². The molecule has 6 fully saturated rings. The van der Waals surface area contributed by atoms with E-state index in [-0.39, 0.29) is 107 Å². The SMILES string of the molecule is CCN1CCCC1c1cc(O)c2c(c1OC)C[C@H]1C[C@H]3[C@H](N(C)CC)C(=O)C(C(C)=O)=C(O)[C@@]3(O)C(=O)C1=C2O.CCN1CCCC1c1cc(O)c2c(c1OC)C[C@H]1C[C@H]3[C@H](N)C(=O)C(C(C)=O)=C(O)[C@@]3(O)C(=O)C1=C2O.CCN[C@@H]1C(=O)C(C(C)=O)=C(O)[C@@]2(O)C(=O)C3=C(O)c4c(O)cc(C5CCCN5CC)c(OC)c4C[C@H]3C[C@@H]12. The Balaban J connectivity index is 0.000000151. The number of likely N-dealkylation sites (tertiary alicyclic amines) is 3. The van der Waals surface area contributed by atoms with Gasteiger partial charge in [0.15, 0.2) is 51.5 Å². The number of fused-ring (bicyclic) bond motifs is 9. The van der Waals surface area contributed by atoms with Crippen LogP contribution in [0.2, 0.25) is 0 Å². The zero-order valence-corrected chi connectivity index (χ0v) is 67.4. The number of rotatable bonds is 16. The van der Waals surface area contributed by atoms with Crippen molar-refractivity contribution in [2.75, 3.05) is 80.7 Å². The highest BCUT2D eigenvalue weighted by atomic mass is 16.5. The second-order valence-electron chi connectivity index (χ2n) is 32.8. The van der Waals surface area contributed by atoms with E-state index in [1.807, 2.05) is 6.92 Å². The van der Waals surface area contributed by atoms with Crippen LogP contribution in [-0.4, -0.2) is 249 Å². The summed E-state index contributed by atoms with van der Waals surface area (Å²) in [6.45, 7) is 19.0. The quantitative estimate of drug-likeness (QED) is 0.0677. The van der Waals surface area contributed by atoms with E-state index < -0.39 is 174 Å². The van der Waals surface area contributed by atoms with Crippen LogP contribution in [-0.2, 0) is 62.4 Å². The minimum Gasteiger partial charge on any atom is -0.508 e. The van der Waals surface area contributed by atoms with E-state index in [0.29, 0.717) is 47.0 Å². The van der Waals surface area contributed by atoms with Gasteiger partial charge < -0.3 is 86.5 Å². The number of nitrogens with zero attached hydrogens (tertiary/aromatic N) is 4. The number of hydrogen-bond acceptors (Lipinski definition) is 30. The van der Waals surface area contributed by atoms with Crippen LogP contribution in [0, 0.1) is 35.5 Å². The van der Waals surface area contributed by atoms with E-state index in [0.717, 1.165) is 115 Å². The number of Topliss-reactive ketones (excluding diaryl/α,β-unsaturated/α-hetero) is 9. The van der Waals surface area contributed by atoms with Gasteiger partial charge in [0.25, 0.3) is 0 Å². The number of aromatic hydroxyl groups is 3. The molecule has 3 aromatic carbocycles. The Morgan fingerprint density at radius 3 is 1.11 bits per heavy atom. The number of aliphatic hydroxyl groups is 9. The third-order valence-corrected chi connectivity index (χ3v) is 27.3. The molecule has 30 heteroatoms. The lowest BCUT2D eigenvalue weighted by molar-refractivity contribution is -0.154. The Bertz CT molecular complexity index is 4950. The van der Waals surface area contributed by atoms with Crippen LogP contribution >= 0.6 is 0 Å². The van der Waals surface area contributed by atoms with Crippen molar-refractivity contribution in [2.24, 2.45) is 41.2 Å². The molecule has 116 heavy (non-hydrogen) atoms. The maximum absolute atomic E-state index is 14.1. The molecule has 0 radical (unpaired) electrons. The van der Waals surface area contributed by atoms with Crippen molar-refractivity contribution in [1.29, 1.82) is 0 Å². The van der Waals surface area contributed by atoms with Gasteiger partial charge in [-0.3, -0.25) is 62.8 Å². The number of nitrogens with one attached hydrogen (secondary N) is 1. The molecule has 3 saturated heterocycles. The van der Waals surface area contributed by atoms with Gasteiger partial charge >= 0.3 is 0 Å². The average molecular weight is 1610 g/mol. The molecular formula is C86H106N6O24. The number of phenols is 3. The van der Waals surface area contributed by atoms with E-state index in [1.165, 1.54) is 14.2 Å². The molecule has 0 aromatic heterocycles. The summed E-state index contributed by atoms with van der Waals surface area (Å²) in [4.78, 5) is 127. The zero-order chi connectivity index (χ0) is 84.6. The molecule has 3 aromatic rings. The molecule has 15 atom stereocenters.